The van der Waals surface area contributed by atoms with Crippen molar-refractivity contribution in [2.75, 3.05) is 12.3 Å². The van der Waals surface area contributed by atoms with E-state index >= 15 is 0 Å². The van der Waals surface area contributed by atoms with Crippen molar-refractivity contribution < 1.29 is 13.5 Å². The predicted octanol–water partition coefficient (Wildman–Crippen LogP) is 1.93. The van der Waals surface area contributed by atoms with Gasteiger partial charge in [0.2, 0.25) is 10.0 Å². The van der Waals surface area contributed by atoms with Gasteiger partial charge >= 0.3 is 0 Å². The van der Waals surface area contributed by atoms with Crippen molar-refractivity contribution in [2.24, 2.45) is 0 Å². The van der Waals surface area contributed by atoms with Gasteiger partial charge in [0.15, 0.2) is 0 Å². The number of hydrogen-bond acceptors (Lipinski definition) is 4. The molecule has 0 heterocycles. The number of sulfonamides is 1. The van der Waals surface area contributed by atoms with Gasteiger partial charge in [0, 0.05) is 5.69 Å². The molecule has 5 nitrogen and oxygen atoms in total. The zero-order chi connectivity index (χ0) is 15.5. The summed E-state index contributed by atoms with van der Waals surface area (Å²) in [5, 5.41) is 9.46. The minimum Gasteiger partial charge on any atom is -0.399 e. The number of nitrogens with one attached hydrogen (secondary N) is 1. The molecule has 0 aliphatic heterocycles. The fraction of sp³-hybridized carbons (Fsp3) is 0.143. The summed E-state index contributed by atoms with van der Waals surface area (Å²) in [6.07, 6.45) is 0. The molecule has 0 spiro atoms. The van der Waals surface area contributed by atoms with Gasteiger partial charge < -0.3 is 10.8 Å². The largest absolute Gasteiger partial charge is 0.399 e. The van der Waals surface area contributed by atoms with Crippen molar-refractivity contribution >= 4 is 27.3 Å². The molecule has 0 saturated carbocycles. The first-order valence-electron chi connectivity index (χ1n) is 6.17. The molecule has 0 aromatic heterocycles. The molecule has 0 amide bonds. The number of hydrogen-bond donors (Lipinski definition) is 3. The first kappa shape index (κ1) is 15.8. The Morgan fingerprint density at radius 3 is 2.43 bits per heavy atom. The van der Waals surface area contributed by atoms with Gasteiger partial charge in [-0.05, 0) is 23.8 Å². The van der Waals surface area contributed by atoms with E-state index < -0.39 is 16.1 Å². The van der Waals surface area contributed by atoms with Crippen molar-refractivity contribution in [1.29, 1.82) is 0 Å². The van der Waals surface area contributed by atoms with Crippen molar-refractivity contribution in [1.82, 2.24) is 4.72 Å². The van der Waals surface area contributed by atoms with Crippen LogP contribution in [0.1, 0.15) is 11.6 Å². The Hall–Kier alpha value is -1.60. The topological polar surface area (TPSA) is 92.4 Å². The third-order valence-electron chi connectivity index (χ3n) is 2.93. The first-order valence-corrected chi connectivity index (χ1v) is 8.03. The third-order valence-corrected chi connectivity index (χ3v) is 4.88. The van der Waals surface area contributed by atoms with E-state index in [0.717, 1.165) is 0 Å². The SMILES string of the molecule is Nc1ccc(S(=O)(=O)N[C@H](CO)c2ccccc2)c(Cl)c1. The first-order chi connectivity index (χ1) is 9.94. The number of aliphatic hydroxyl groups is 1. The number of nitrogen functional groups attached to an aromatic ring is 1. The Morgan fingerprint density at radius 1 is 1.19 bits per heavy atom. The van der Waals surface area contributed by atoms with Crippen LogP contribution in [-0.2, 0) is 10.0 Å². The lowest BCUT2D eigenvalue weighted by molar-refractivity contribution is 0.259. The average Bonchev–Trinajstić information content (AvgIpc) is 2.45. The molecule has 0 fully saturated rings. The quantitative estimate of drug-likeness (QED) is 0.732. The lowest BCUT2D eigenvalue weighted by Gasteiger charge is -2.17. The van der Waals surface area contributed by atoms with Crippen LogP contribution in [0.3, 0.4) is 0 Å². The summed E-state index contributed by atoms with van der Waals surface area (Å²) in [7, 11) is -3.86. The zero-order valence-corrected chi connectivity index (χ0v) is 12.6. The molecule has 4 N–H and O–H groups in total. The summed E-state index contributed by atoms with van der Waals surface area (Å²) in [4.78, 5) is -0.0762. The summed E-state index contributed by atoms with van der Waals surface area (Å²) in [5.41, 5.74) is 6.59. The number of halogens is 1. The smallest absolute Gasteiger partial charge is 0.242 e. The van der Waals surface area contributed by atoms with Crippen molar-refractivity contribution in [2.45, 2.75) is 10.9 Å². The number of rotatable bonds is 5. The summed E-state index contributed by atoms with van der Waals surface area (Å²) in [5.74, 6) is 0. The van der Waals surface area contributed by atoms with Crippen LogP contribution in [0, 0.1) is 0 Å². The molecule has 0 radical (unpaired) electrons. The second-order valence-corrected chi connectivity index (χ2v) is 6.55. The maximum absolute atomic E-state index is 12.4. The van der Waals surface area contributed by atoms with E-state index in [1.807, 2.05) is 6.07 Å². The standard InChI is InChI=1S/C14H15ClN2O3S/c15-12-8-11(16)6-7-14(12)21(19,20)17-13(9-18)10-4-2-1-3-5-10/h1-8,13,17-18H,9,16H2/t13-/m1/s1. The molecule has 0 aliphatic carbocycles. The highest BCUT2D eigenvalue weighted by Gasteiger charge is 2.23. The van der Waals surface area contributed by atoms with Gasteiger partial charge in [-0.1, -0.05) is 41.9 Å². The molecule has 2 rings (SSSR count). The van der Waals surface area contributed by atoms with Crippen molar-refractivity contribution in [3.8, 4) is 0 Å². The molecule has 1 atom stereocenters. The van der Waals surface area contributed by atoms with Crippen LogP contribution in [0.15, 0.2) is 53.4 Å². The van der Waals surface area contributed by atoms with Crippen LogP contribution in [0.2, 0.25) is 5.02 Å². The fourth-order valence-electron chi connectivity index (χ4n) is 1.88. The number of benzene rings is 2. The maximum atomic E-state index is 12.4. The molecular weight excluding hydrogens is 312 g/mol. The maximum Gasteiger partial charge on any atom is 0.242 e. The van der Waals surface area contributed by atoms with Crippen LogP contribution in [0.5, 0.6) is 0 Å². The number of nitrogens with two attached hydrogens (primary N) is 1. The molecule has 7 heteroatoms. The van der Waals surface area contributed by atoms with Crippen molar-refractivity contribution in [3.63, 3.8) is 0 Å². The Labute approximate surface area is 128 Å². The Balaban J connectivity index is 2.32. The predicted molar refractivity (Wildman–Crippen MR) is 82.5 cm³/mol. The van der Waals surface area contributed by atoms with Gasteiger partial charge in [-0.2, -0.15) is 0 Å². The second kappa shape index (κ2) is 6.44. The molecule has 2 aromatic carbocycles. The Bertz CT molecular complexity index is 720. The minimum absolute atomic E-state index is 0.0345. The van der Waals surface area contributed by atoms with Gasteiger partial charge in [-0.25, -0.2) is 13.1 Å². The van der Waals surface area contributed by atoms with E-state index in [1.54, 1.807) is 24.3 Å². The lowest BCUT2D eigenvalue weighted by atomic mass is 10.1. The second-order valence-electron chi connectivity index (χ2n) is 4.46. The van der Waals surface area contributed by atoms with Crippen LogP contribution < -0.4 is 10.5 Å². The fourth-order valence-corrected chi connectivity index (χ4v) is 3.65. The van der Waals surface area contributed by atoms with Crippen LogP contribution in [0.25, 0.3) is 0 Å². The van der Waals surface area contributed by atoms with Gasteiger partial charge in [-0.15, -0.1) is 0 Å². The highest BCUT2D eigenvalue weighted by atomic mass is 35.5. The molecule has 0 saturated heterocycles. The minimum atomic E-state index is -3.86. The molecular formula is C14H15ClN2O3S. The van der Waals surface area contributed by atoms with E-state index in [0.29, 0.717) is 11.3 Å². The normalized spacial score (nSPS) is 13.0. The zero-order valence-electron chi connectivity index (χ0n) is 11.0. The van der Waals surface area contributed by atoms with Gasteiger partial charge in [0.05, 0.1) is 17.7 Å². The van der Waals surface area contributed by atoms with Gasteiger partial charge in [0.1, 0.15) is 4.90 Å². The molecule has 0 bridgehead atoms. The Morgan fingerprint density at radius 2 is 1.86 bits per heavy atom. The number of aliphatic hydroxyl groups excluding tert-OH is 1. The van der Waals surface area contributed by atoms with E-state index in [4.69, 9.17) is 17.3 Å². The number of anilines is 1. The van der Waals surface area contributed by atoms with Crippen LogP contribution in [-0.4, -0.2) is 20.1 Å². The average molecular weight is 327 g/mol. The van der Waals surface area contributed by atoms with E-state index in [-0.39, 0.29) is 16.5 Å². The Kier molecular flexibility index (Phi) is 4.84. The molecule has 21 heavy (non-hydrogen) atoms. The summed E-state index contributed by atoms with van der Waals surface area (Å²) in [6.45, 7) is -0.365. The van der Waals surface area contributed by atoms with E-state index in [1.165, 1.54) is 18.2 Å². The van der Waals surface area contributed by atoms with Crippen LogP contribution >= 0.6 is 11.6 Å². The van der Waals surface area contributed by atoms with E-state index in [2.05, 4.69) is 4.72 Å². The summed E-state index contributed by atoms with van der Waals surface area (Å²) < 4.78 is 27.2. The third kappa shape index (κ3) is 3.74. The lowest BCUT2D eigenvalue weighted by Crippen LogP contribution is -2.31. The monoisotopic (exact) mass is 326 g/mol. The van der Waals surface area contributed by atoms with E-state index in [9.17, 15) is 13.5 Å². The molecule has 0 unspecified atom stereocenters. The molecule has 2 aromatic rings. The summed E-state index contributed by atoms with van der Waals surface area (Å²) >= 11 is 5.93. The van der Waals surface area contributed by atoms with Crippen molar-refractivity contribution in [3.05, 3.63) is 59.1 Å². The molecule has 0 aliphatic rings. The highest BCUT2D eigenvalue weighted by Crippen LogP contribution is 2.25. The molecule has 112 valence electrons. The summed E-state index contributed by atoms with van der Waals surface area (Å²) in [6, 6.07) is 12.2. The van der Waals surface area contributed by atoms with Gasteiger partial charge in [-0.3, -0.25) is 0 Å². The van der Waals surface area contributed by atoms with Crippen LogP contribution in [0.4, 0.5) is 5.69 Å². The highest BCUT2D eigenvalue weighted by molar-refractivity contribution is 7.89. The van der Waals surface area contributed by atoms with Gasteiger partial charge in [0.25, 0.3) is 0 Å².